The molecule has 132 valence electrons. The third-order valence-corrected chi connectivity index (χ3v) is 4.35. The van der Waals surface area contributed by atoms with E-state index in [9.17, 15) is 9.18 Å². The number of halogens is 1. The summed E-state index contributed by atoms with van der Waals surface area (Å²) in [6.45, 7) is 5.98. The Morgan fingerprint density at radius 3 is 2.72 bits per heavy atom. The van der Waals surface area contributed by atoms with Gasteiger partial charge < -0.3 is 14.8 Å². The average molecular weight is 343 g/mol. The summed E-state index contributed by atoms with van der Waals surface area (Å²) in [6, 6.07) is 9.94. The molecule has 0 radical (unpaired) electrons. The van der Waals surface area contributed by atoms with Crippen LogP contribution in [0.25, 0.3) is 0 Å². The molecule has 2 aromatic rings. The van der Waals surface area contributed by atoms with Crippen molar-refractivity contribution in [3.8, 4) is 11.5 Å². The van der Waals surface area contributed by atoms with Crippen molar-refractivity contribution in [3.63, 3.8) is 0 Å². The predicted molar refractivity (Wildman–Crippen MR) is 93.7 cm³/mol. The summed E-state index contributed by atoms with van der Waals surface area (Å²) in [5.41, 5.74) is 1.89. The highest BCUT2D eigenvalue weighted by Gasteiger charge is 2.34. The number of carbonyl (C=O) groups excluding carboxylic acids is 1. The summed E-state index contributed by atoms with van der Waals surface area (Å²) >= 11 is 0. The quantitative estimate of drug-likeness (QED) is 0.910. The maximum atomic E-state index is 13.9. The van der Waals surface area contributed by atoms with Gasteiger partial charge in [-0.3, -0.25) is 4.79 Å². The monoisotopic (exact) mass is 343 g/mol. The van der Waals surface area contributed by atoms with E-state index in [1.165, 1.54) is 19.2 Å². The zero-order chi connectivity index (χ0) is 18.2. The molecule has 0 saturated heterocycles. The minimum atomic E-state index is -0.557. The van der Waals surface area contributed by atoms with Crippen LogP contribution in [0.15, 0.2) is 36.4 Å². The van der Waals surface area contributed by atoms with E-state index in [1.54, 1.807) is 6.07 Å². The van der Waals surface area contributed by atoms with Crippen LogP contribution in [0.4, 0.5) is 4.39 Å². The van der Waals surface area contributed by atoms with E-state index in [2.05, 4.69) is 5.32 Å². The van der Waals surface area contributed by atoms with Crippen molar-refractivity contribution in [2.75, 3.05) is 7.11 Å². The molecule has 1 heterocycles. The lowest BCUT2D eigenvalue weighted by Gasteiger charge is -2.38. The Hall–Kier alpha value is -2.56. The first-order chi connectivity index (χ1) is 11.8. The first kappa shape index (κ1) is 17.3. The summed E-state index contributed by atoms with van der Waals surface area (Å²) in [4.78, 5) is 12.6. The summed E-state index contributed by atoms with van der Waals surface area (Å²) < 4.78 is 24.8. The van der Waals surface area contributed by atoms with Crippen LogP contribution in [-0.2, 0) is 0 Å². The Morgan fingerprint density at radius 1 is 1.28 bits per heavy atom. The van der Waals surface area contributed by atoms with Crippen LogP contribution in [0.5, 0.6) is 11.5 Å². The van der Waals surface area contributed by atoms with E-state index in [0.29, 0.717) is 6.42 Å². The fraction of sp³-hybridized carbons (Fsp3) is 0.350. The predicted octanol–water partition coefficient (Wildman–Crippen LogP) is 4.17. The van der Waals surface area contributed by atoms with Crippen LogP contribution in [-0.4, -0.2) is 18.6 Å². The first-order valence-electron chi connectivity index (χ1n) is 8.23. The molecule has 0 saturated carbocycles. The lowest BCUT2D eigenvalue weighted by Crippen LogP contribution is -2.41. The SMILES string of the molecule is COc1ccc(C(=O)NC2CC(C)(C)Oc3cc(C)ccc32)cc1F. The van der Waals surface area contributed by atoms with Gasteiger partial charge in [0.05, 0.1) is 13.2 Å². The molecule has 5 heteroatoms. The van der Waals surface area contributed by atoms with E-state index >= 15 is 0 Å². The van der Waals surface area contributed by atoms with Gasteiger partial charge in [0.1, 0.15) is 11.4 Å². The van der Waals surface area contributed by atoms with Crippen LogP contribution in [0.2, 0.25) is 0 Å². The lowest BCUT2D eigenvalue weighted by atomic mass is 9.89. The number of hydrogen-bond acceptors (Lipinski definition) is 3. The molecule has 4 nitrogen and oxygen atoms in total. The van der Waals surface area contributed by atoms with E-state index < -0.39 is 11.4 Å². The fourth-order valence-electron chi connectivity index (χ4n) is 3.14. The average Bonchev–Trinajstić information content (AvgIpc) is 2.53. The number of ether oxygens (including phenoxy) is 2. The van der Waals surface area contributed by atoms with E-state index in [-0.39, 0.29) is 23.3 Å². The molecular formula is C20H22FNO3. The molecule has 0 aliphatic carbocycles. The van der Waals surface area contributed by atoms with Crippen molar-refractivity contribution < 1.29 is 18.7 Å². The molecule has 2 aromatic carbocycles. The van der Waals surface area contributed by atoms with Gasteiger partial charge in [-0.25, -0.2) is 4.39 Å². The van der Waals surface area contributed by atoms with Gasteiger partial charge in [0.2, 0.25) is 0 Å². The smallest absolute Gasteiger partial charge is 0.251 e. The molecule has 1 atom stereocenters. The summed E-state index contributed by atoms with van der Waals surface area (Å²) in [5.74, 6) is 0.0151. The van der Waals surface area contributed by atoms with E-state index in [1.807, 2.05) is 39.0 Å². The zero-order valence-electron chi connectivity index (χ0n) is 14.9. The molecule has 1 aliphatic rings. The first-order valence-corrected chi connectivity index (χ1v) is 8.23. The van der Waals surface area contributed by atoms with Gasteiger partial charge in [-0.15, -0.1) is 0 Å². The van der Waals surface area contributed by atoms with E-state index in [0.717, 1.165) is 16.9 Å². The molecule has 1 N–H and O–H groups in total. The summed E-state index contributed by atoms with van der Waals surface area (Å²) in [5, 5.41) is 3.00. The van der Waals surface area contributed by atoms with Gasteiger partial charge in [-0.2, -0.15) is 0 Å². The second kappa shape index (κ2) is 6.39. The molecule has 3 rings (SSSR count). The largest absolute Gasteiger partial charge is 0.494 e. The molecule has 1 amide bonds. The van der Waals surface area contributed by atoms with Gasteiger partial charge >= 0.3 is 0 Å². The second-order valence-corrected chi connectivity index (χ2v) is 6.98. The Labute approximate surface area is 147 Å². The van der Waals surface area contributed by atoms with Gasteiger partial charge in [0, 0.05) is 17.5 Å². The maximum Gasteiger partial charge on any atom is 0.251 e. The van der Waals surface area contributed by atoms with Crippen molar-refractivity contribution >= 4 is 5.91 Å². The van der Waals surface area contributed by atoms with Gasteiger partial charge in [0.25, 0.3) is 5.91 Å². The van der Waals surface area contributed by atoms with Gasteiger partial charge in [0.15, 0.2) is 11.6 Å². The molecule has 0 aromatic heterocycles. The van der Waals surface area contributed by atoms with Crippen molar-refractivity contribution in [1.82, 2.24) is 5.32 Å². The molecule has 25 heavy (non-hydrogen) atoms. The Bertz CT molecular complexity index is 817. The highest BCUT2D eigenvalue weighted by Crippen LogP contribution is 2.40. The molecule has 0 spiro atoms. The van der Waals surface area contributed by atoms with Crippen LogP contribution >= 0.6 is 0 Å². The Balaban J connectivity index is 1.87. The molecule has 0 fully saturated rings. The van der Waals surface area contributed by atoms with Crippen molar-refractivity contribution in [3.05, 3.63) is 58.9 Å². The number of hydrogen-bond donors (Lipinski definition) is 1. The van der Waals surface area contributed by atoms with Crippen LogP contribution in [0.1, 0.15) is 47.8 Å². The van der Waals surface area contributed by atoms with Crippen molar-refractivity contribution in [1.29, 1.82) is 0 Å². The highest BCUT2D eigenvalue weighted by molar-refractivity contribution is 5.94. The number of methoxy groups -OCH3 is 1. The number of rotatable bonds is 3. The van der Waals surface area contributed by atoms with E-state index in [4.69, 9.17) is 9.47 Å². The van der Waals surface area contributed by atoms with Crippen molar-refractivity contribution in [2.24, 2.45) is 0 Å². The minimum absolute atomic E-state index is 0.115. The third-order valence-electron chi connectivity index (χ3n) is 4.35. The Kier molecular flexibility index (Phi) is 4.41. The fourth-order valence-corrected chi connectivity index (χ4v) is 3.14. The van der Waals surface area contributed by atoms with Gasteiger partial charge in [-0.1, -0.05) is 12.1 Å². The molecule has 1 aliphatic heterocycles. The number of amides is 1. The number of benzene rings is 2. The lowest BCUT2D eigenvalue weighted by molar-refractivity contribution is 0.0619. The zero-order valence-corrected chi connectivity index (χ0v) is 14.9. The van der Waals surface area contributed by atoms with Crippen molar-refractivity contribution in [2.45, 2.75) is 38.8 Å². The standard InChI is InChI=1S/C20H22FNO3/c1-12-5-7-14-16(11-20(2,3)25-18(14)9-12)22-19(23)13-6-8-17(24-4)15(21)10-13/h5-10,16H,11H2,1-4H3,(H,22,23). The maximum absolute atomic E-state index is 13.9. The van der Waals surface area contributed by atoms with Crippen LogP contribution in [0.3, 0.4) is 0 Å². The van der Waals surface area contributed by atoms with Gasteiger partial charge in [-0.05, 0) is 50.6 Å². The summed E-state index contributed by atoms with van der Waals surface area (Å²) in [6.07, 6.45) is 0.632. The second-order valence-electron chi connectivity index (χ2n) is 6.98. The Morgan fingerprint density at radius 2 is 2.04 bits per heavy atom. The highest BCUT2D eigenvalue weighted by atomic mass is 19.1. The number of nitrogens with one attached hydrogen (secondary N) is 1. The number of carbonyl (C=O) groups is 1. The number of fused-ring (bicyclic) bond motifs is 1. The number of aryl methyl sites for hydroxylation is 1. The summed E-state index contributed by atoms with van der Waals surface area (Å²) in [7, 11) is 1.39. The molecular weight excluding hydrogens is 321 g/mol. The minimum Gasteiger partial charge on any atom is -0.494 e. The van der Waals surface area contributed by atoms with Crippen LogP contribution in [0, 0.1) is 12.7 Å². The third kappa shape index (κ3) is 3.60. The normalized spacial score (nSPS) is 18.0. The van der Waals surface area contributed by atoms with Crippen LogP contribution < -0.4 is 14.8 Å². The molecule has 0 bridgehead atoms. The topological polar surface area (TPSA) is 47.6 Å². The molecule has 1 unspecified atom stereocenters.